The van der Waals surface area contributed by atoms with Crippen molar-refractivity contribution in [3.05, 3.63) is 31.9 Å². The summed E-state index contributed by atoms with van der Waals surface area (Å²) in [5, 5.41) is 18.0. The maximum Gasteiger partial charge on any atom is 0.338 e. The van der Waals surface area contributed by atoms with Crippen molar-refractivity contribution in [3.8, 4) is 12.1 Å². The van der Waals surface area contributed by atoms with Crippen molar-refractivity contribution in [2.24, 2.45) is 0 Å². The van der Waals surface area contributed by atoms with Crippen LogP contribution in [0.25, 0.3) is 0 Å². The first-order chi connectivity index (χ1) is 8.06. The minimum Gasteiger partial charge on any atom is -0.462 e. The molecule has 0 radical (unpaired) electrons. The molecule has 0 amide bonds. The number of carbonyl (C=O) groups is 1. The first-order valence-electron chi connectivity index (χ1n) is 4.87. The predicted molar refractivity (Wildman–Crippen MR) is 69.3 cm³/mol. The molecule has 0 fully saturated rings. The normalized spacial score (nSPS) is 9.24. The number of halogens is 1. The molecule has 0 heterocycles. The molecule has 0 bridgehead atoms. The van der Waals surface area contributed by atoms with Crippen LogP contribution in [-0.2, 0) is 4.74 Å². The Morgan fingerprint density at radius 1 is 1.47 bits per heavy atom. The summed E-state index contributed by atoms with van der Waals surface area (Å²) in [6.07, 6.45) is 0. The van der Waals surface area contributed by atoms with Crippen LogP contribution in [0.15, 0.2) is 6.07 Å². The van der Waals surface area contributed by atoms with Gasteiger partial charge in [0.1, 0.15) is 12.1 Å². The zero-order chi connectivity index (χ0) is 13.0. The highest BCUT2D eigenvalue weighted by molar-refractivity contribution is 14.1. The van der Waals surface area contributed by atoms with Crippen molar-refractivity contribution >= 4 is 28.6 Å². The Bertz CT molecular complexity index is 553. The molecular formula is C12H9IN2O2. The first-order valence-corrected chi connectivity index (χ1v) is 5.95. The number of nitriles is 2. The van der Waals surface area contributed by atoms with Gasteiger partial charge in [-0.15, -0.1) is 0 Å². The molecular weight excluding hydrogens is 331 g/mol. The molecule has 5 heteroatoms. The van der Waals surface area contributed by atoms with Gasteiger partial charge in [0.05, 0.1) is 23.3 Å². The van der Waals surface area contributed by atoms with E-state index in [0.29, 0.717) is 20.3 Å². The van der Waals surface area contributed by atoms with E-state index >= 15 is 0 Å². The second-order valence-electron chi connectivity index (χ2n) is 3.23. The van der Waals surface area contributed by atoms with Crippen molar-refractivity contribution in [2.75, 3.05) is 6.61 Å². The molecule has 0 aliphatic heterocycles. The second-order valence-corrected chi connectivity index (χ2v) is 4.31. The molecule has 17 heavy (non-hydrogen) atoms. The van der Waals surface area contributed by atoms with Gasteiger partial charge in [0.2, 0.25) is 0 Å². The predicted octanol–water partition coefficient (Wildman–Crippen LogP) is 2.52. The van der Waals surface area contributed by atoms with E-state index in [2.05, 4.69) is 0 Å². The number of carbonyl (C=O) groups excluding carboxylic acids is 1. The third kappa shape index (κ3) is 2.56. The summed E-state index contributed by atoms with van der Waals surface area (Å²) in [5.74, 6) is -0.505. The van der Waals surface area contributed by atoms with Gasteiger partial charge >= 0.3 is 5.97 Å². The van der Waals surface area contributed by atoms with E-state index in [1.807, 2.05) is 34.7 Å². The van der Waals surface area contributed by atoms with Gasteiger partial charge in [-0.2, -0.15) is 10.5 Å². The summed E-state index contributed by atoms with van der Waals surface area (Å²) < 4.78 is 5.46. The molecule has 0 unspecified atom stereocenters. The number of hydrogen-bond donors (Lipinski definition) is 0. The van der Waals surface area contributed by atoms with E-state index in [-0.39, 0.29) is 12.2 Å². The summed E-state index contributed by atoms with van der Waals surface area (Å²) >= 11 is 1.93. The molecule has 1 aromatic carbocycles. The first kappa shape index (κ1) is 13.5. The lowest BCUT2D eigenvalue weighted by molar-refractivity contribution is 0.0525. The van der Waals surface area contributed by atoms with Gasteiger partial charge in [-0.05, 0) is 48.1 Å². The van der Waals surface area contributed by atoms with Crippen LogP contribution in [0, 0.1) is 33.2 Å². The third-order valence-electron chi connectivity index (χ3n) is 2.25. The quantitative estimate of drug-likeness (QED) is 0.613. The molecule has 86 valence electrons. The van der Waals surface area contributed by atoms with Crippen LogP contribution in [0.4, 0.5) is 0 Å². The lowest BCUT2D eigenvalue weighted by Gasteiger charge is -2.09. The molecule has 0 aliphatic carbocycles. The van der Waals surface area contributed by atoms with Crippen LogP contribution in [-0.4, -0.2) is 12.6 Å². The Hall–Kier alpha value is -1.60. The summed E-state index contributed by atoms with van der Waals surface area (Å²) in [5.41, 5.74) is 1.50. The van der Waals surface area contributed by atoms with Gasteiger partial charge in [-0.3, -0.25) is 0 Å². The number of rotatable bonds is 2. The fourth-order valence-electron chi connectivity index (χ4n) is 1.39. The number of hydrogen-bond acceptors (Lipinski definition) is 4. The number of ether oxygens (including phenoxy) is 1. The Labute approximate surface area is 113 Å². The van der Waals surface area contributed by atoms with Gasteiger partial charge in [0, 0.05) is 3.57 Å². The van der Waals surface area contributed by atoms with Gasteiger partial charge in [0.15, 0.2) is 0 Å². The smallest absolute Gasteiger partial charge is 0.338 e. The summed E-state index contributed by atoms with van der Waals surface area (Å²) in [4.78, 5) is 11.7. The minimum absolute atomic E-state index is 0.258. The van der Waals surface area contributed by atoms with E-state index in [1.165, 1.54) is 6.07 Å². The van der Waals surface area contributed by atoms with Crippen LogP contribution in [0.2, 0.25) is 0 Å². The zero-order valence-electron chi connectivity index (χ0n) is 9.37. The molecule has 0 saturated carbocycles. The Balaban J connectivity index is 3.50. The van der Waals surface area contributed by atoms with E-state index in [0.717, 1.165) is 0 Å². The molecule has 1 aromatic rings. The topological polar surface area (TPSA) is 73.9 Å². The molecule has 0 saturated heterocycles. The standard InChI is InChI=1S/C12H9IN2O2/c1-3-17-12(16)9-4-8(5-14)11(13)10(6-15)7(9)2/h4H,3H2,1-2H3. The van der Waals surface area contributed by atoms with Crippen molar-refractivity contribution in [1.82, 2.24) is 0 Å². The number of esters is 1. The summed E-state index contributed by atoms with van der Waals surface area (Å²) in [7, 11) is 0. The average molecular weight is 340 g/mol. The molecule has 0 aliphatic rings. The highest BCUT2D eigenvalue weighted by Crippen LogP contribution is 2.24. The fourth-order valence-corrected chi connectivity index (χ4v) is 2.19. The highest BCUT2D eigenvalue weighted by Gasteiger charge is 2.18. The van der Waals surface area contributed by atoms with Crippen LogP contribution < -0.4 is 0 Å². The summed E-state index contributed by atoms with van der Waals surface area (Å²) in [6, 6.07) is 5.45. The van der Waals surface area contributed by atoms with Crippen molar-refractivity contribution < 1.29 is 9.53 Å². The molecule has 4 nitrogen and oxygen atoms in total. The number of nitrogens with zero attached hydrogens (tertiary/aromatic N) is 2. The van der Waals surface area contributed by atoms with Crippen LogP contribution in [0.5, 0.6) is 0 Å². The molecule has 1 rings (SSSR count). The van der Waals surface area contributed by atoms with Gasteiger partial charge in [-0.25, -0.2) is 4.79 Å². The molecule has 0 N–H and O–H groups in total. The van der Waals surface area contributed by atoms with Crippen molar-refractivity contribution in [2.45, 2.75) is 13.8 Å². The number of benzene rings is 1. The Morgan fingerprint density at radius 2 is 2.12 bits per heavy atom. The lowest BCUT2D eigenvalue weighted by atomic mass is 10.00. The summed E-state index contributed by atoms with van der Waals surface area (Å²) in [6.45, 7) is 3.64. The fraction of sp³-hybridized carbons (Fsp3) is 0.250. The van der Waals surface area contributed by atoms with Crippen molar-refractivity contribution in [1.29, 1.82) is 10.5 Å². The molecule has 0 aromatic heterocycles. The molecule has 0 atom stereocenters. The highest BCUT2D eigenvalue weighted by atomic mass is 127. The monoisotopic (exact) mass is 340 g/mol. The van der Waals surface area contributed by atoms with Crippen LogP contribution >= 0.6 is 22.6 Å². The van der Waals surface area contributed by atoms with Crippen LogP contribution in [0.3, 0.4) is 0 Å². The Morgan fingerprint density at radius 3 is 2.59 bits per heavy atom. The van der Waals surface area contributed by atoms with Gasteiger partial charge in [-0.1, -0.05) is 0 Å². The Kier molecular flexibility index (Phi) is 4.47. The van der Waals surface area contributed by atoms with E-state index in [4.69, 9.17) is 15.3 Å². The van der Waals surface area contributed by atoms with Crippen LogP contribution in [0.1, 0.15) is 34.0 Å². The molecule has 0 spiro atoms. The average Bonchev–Trinajstić information content (AvgIpc) is 2.30. The second kappa shape index (κ2) is 5.65. The van der Waals surface area contributed by atoms with Gasteiger partial charge in [0.25, 0.3) is 0 Å². The minimum atomic E-state index is -0.505. The van der Waals surface area contributed by atoms with E-state index < -0.39 is 5.97 Å². The largest absolute Gasteiger partial charge is 0.462 e. The zero-order valence-corrected chi connectivity index (χ0v) is 11.5. The lowest BCUT2D eigenvalue weighted by Crippen LogP contribution is -2.09. The van der Waals surface area contributed by atoms with E-state index in [9.17, 15) is 4.79 Å². The maximum absolute atomic E-state index is 11.7. The SMILES string of the molecule is CCOC(=O)c1cc(C#N)c(I)c(C#N)c1C. The third-order valence-corrected chi connectivity index (χ3v) is 3.37. The van der Waals surface area contributed by atoms with E-state index in [1.54, 1.807) is 13.8 Å². The van der Waals surface area contributed by atoms with Gasteiger partial charge < -0.3 is 4.74 Å². The van der Waals surface area contributed by atoms with Crippen molar-refractivity contribution in [3.63, 3.8) is 0 Å². The maximum atomic E-state index is 11.7.